The fourth-order valence-electron chi connectivity index (χ4n) is 3.14. The zero-order valence-electron chi connectivity index (χ0n) is 21.8. The van der Waals surface area contributed by atoms with Crippen molar-refractivity contribution < 1.29 is 44.4 Å². The van der Waals surface area contributed by atoms with Crippen molar-refractivity contribution in [2.24, 2.45) is 0 Å². The molecule has 13 heteroatoms. The van der Waals surface area contributed by atoms with Crippen LogP contribution in [0.2, 0.25) is 0 Å². The molecular formula is C26H29Cl3N4NaO4Sn+. The maximum atomic E-state index is 8.12. The van der Waals surface area contributed by atoms with Crippen LogP contribution in [0.5, 0.6) is 11.5 Å². The van der Waals surface area contributed by atoms with Gasteiger partial charge in [0, 0.05) is 17.1 Å². The summed E-state index contributed by atoms with van der Waals surface area (Å²) < 4.78 is 10.3. The molecule has 0 aliphatic rings. The summed E-state index contributed by atoms with van der Waals surface area (Å²) in [6.07, 6.45) is 0. The first-order valence-corrected chi connectivity index (χ1v) is 18.1. The van der Waals surface area contributed by atoms with Gasteiger partial charge in [0.2, 0.25) is 0 Å². The largest absolute Gasteiger partial charge is 1.00 e. The average molecular weight is 710 g/mol. The molecule has 2 radical (unpaired) electrons. The molecule has 4 rings (SSSR count). The molecular weight excluding hydrogens is 680 g/mol. The van der Waals surface area contributed by atoms with Gasteiger partial charge in [0.1, 0.15) is 11.5 Å². The van der Waals surface area contributed by atoms with Gasteiger partial charge in [0.25, 0.3) is 0 Å². The van der Waals surface area contributed by atoms with Crippen molar-refractivity contribution in [2.45, 2.75) is 0 Å². The standard InChI is InChI=1S/C13H12ClNO.C13H13NO.2ClH.HNO2.H3N.Na.Sn/c1-16-13-8-7-11(9-12(13)15-14)10-5-3-2-4-6-10;1-15-13-8-7-11(9-12(13)14)10-5-3-2-4-6-10;;;2-1-3;;;/h2-9,15H,1H3;2-9H,14H2,1H3;2*1H;1H;1H3;;/q;;;;;;+1;+2/p-2. The molecule has 0 fully saturated rings. The van der Waals surface area contributed by atoms with E-state index in [1.165, 1.54) is 0 Å². The van der Waals surface area contributed by atoms with E-state index in [2.05, 4.69) is 29.1 Å². The van der Waals surface area contributed by atoms with Crippen LogP contribution in [0.4, 0.5) is 11.4 Å². The molecule has 202 valence electrons. The van der Waals surface area contributed by atoms with Gasteiger partial charge in [-0.25, -0.2) is 0 Å². The number of nitrogen functional groups attached to an aromatic ring is 1. The normalized spacial score (nSPS) is 8.64. The van der Waals surface area contributed by atoms with Crippen LogP contribution < -0.4 is 61.1 Å². The number of hydrogen-bond donors (Lipinski definition) is 4. The molecule has 0 heterocycles. The van der Waals surface area contributed by atoms with Crippen molar-refractivity contribution in [3.63, 3.8) is 0 Å². The summed E-state index contributed by atoms with van der Waals surface area (Å²) in [6.45, 7) is 0. The average Bonchev–Trinajstić information content (AvgIpc) is 2.95. The fraction of sp³-hybridized carbons (Fsp3) is 0.0769. The van der Waals surface area contributed by atoms with Gasteiger partial charge >= 0.3 is 66.3 Å². The summed E-state index contributed by atoms with van der Waals surface area (Å²) in [5, 5.41) is 8.38. The Kier molecular flexibility index (Phi) is 24.1. The van der Waals surface area contributed by atoms with E-state index < -0.39 is 18.9 Å². The first-order valence-electron chi connectivity index (χ1n) is 10.5. The molecule has 7 N–H and O–H groups in total. The van der Waals surface area contributed by atoms with E-state index in [1.54, 1.807) is 14.2 Å². The predicted octanol–water partition coefficient (Wildman–Crippen LogP) is 3.37. The topological polar surface area (TPSA) is 146 Å². The number of nitrogens with one attached hydrogen (secondary N) is 2. The Labute approximate surface area is 273 Å². The molecule has 0 amide bonds. The third-order valence-corrected chi connectivity index (χ3v) is 4.95. The second-order valence-electron chi connectivity index (χ2n) is 6.85. The Bertz CT molecular complexity index is 1200. The van der Waals surface area contributed by atoms with Gasteiger partial charge in [-0.3, -0.25) is 15.0 Å². The summed E-state index contributed by atoms with van der Waals surface area (Å²) in [5.41, 5.74) is 11.8. The maximum absolute atomic E-state index is 8.12. The minimum Gasteiger partial charge on any atom is 1.00 e. The number of ether oxygens (including phenoxy) is 2. The van der Waals surface area contributed by atoms with Crippen molar-refractivity contribution in [2.75, 3.05) is 24.8 Å². The van der Waals surface area contributed by atoms with E-state index in [9.17, 15) is 0 Å². The van der Waals surface area contributed by atoms with Gasteiger partial charge in [0.05, 0.1) is 25.6 Å². The molecule has 4 aromatic rings. The first-order chi connectivity index (χ1) is 18.0. The maximum Gasteiger partial charge on any atom is 1.00 e. The van der Waals surface area contributed by atoms with Crippen LogP contribution in [0, 0.1) is 10.1 Å². The molecule has 0 saturated heterocycles. The molecule has 0 aromatic heterocycles. The van der Waals surface area contributed by atoms with E-state index >= 15 is 0 Å². The number of rotatable bonds is 5. The smallest absolute Gasteiger partial charge is 1.00 e. The van der Waals surface area contributed by atoms with Crippen molar-refractivity contribution >= 4 is 59.9 Å². The second kappa shape index (κ2) is 24.0. The van der Waals surface area contributed by atoms with Crippen LogP contribution in [0.1, 0.15) is 0 Å². The molecule has 0 saturated carbocycles. The van der Waals surface area contributed by atoms with E-state index in [-0.39, 0.29) is 41.0 Å². The van der Waals surface area contributed by atoms with Gasteiger partial charge in [-0.05, 0) is 46.5 Å². The summed E-state index contributed by atoms with van der Waals surface area (Å²) in [4.78, 5) is 10.7. The Morgan fingerprint density at radius 1 is 0.769 bits per heavy atom. The van der Waals surface area contributed by atoms with Gasteiger partial charge in [-0.2, -0.15) is 0 Å². The van der Waals surface area contributed by atoms with Crippen molar-refractivity contribution in [3.05, 3.63) is 107 Å². The van der Waals surface area contributed by atoms with Crippen LogP contribution >= 0.6 is 29.6 Å². The zero-order chi connectivity index (χ0) is 27.5. The predicted molar refractivity (Wildman–Crippen MR) is 161 cm³/mol. The van der Waals surface area contributed by atoms with Crippen molar-refractivity contribution in [1.82, 2.24) is 6.15 Å². The Balaban J connectivity index is 0. The number of halogens is 3. The molecule has 0 aliphatic carbocycles. The van der Waals surface area contributed by atoms with Crippen LogP contribution in [0.25, 0.3) is 22.3 Å². The molecule has 0 spiro atoms. The number of nitrogens with two attached hydrogens (primary N) is 1. The van der Waals surface area contributed by atoms with Gasteiger partial charge in [-0.1, -0.05) is 72.8 Å². The zero-order valence-corrected chi connectivity index (χ0v) is 28.9. The molecule has 0 atom stereocenters. The summed E-state index contributed by atoms with van der Waals surface area (Å²) >= 11 is 4.81. The minimum absolute atomic E-state index is 0. The Hall–Kier alpha value is -1.89. The molecule has 8 nitrogen and oxygen atoms in total. The van der Waals surface area contributed by atoms with Crippen LogP contribution in [0.15, 0.2) is 97.1 Å². The van der Waals surface area contributed by atoms with E-state index in [4.69, 9.17) is 54.9 Å². The molecule has 0 unspecified atom stereocenters. The summed E-state index contributed by atoms with van der Waals surface area (Å²) in [7, 11) is 13.1. The number of methoxy groups -OCH3 is 2. The second-order valence-corrected chi connectivity index (χ2v) is 11.3. The van der Waals surface area contributed by atoms with Gasteiger partial charge in [0.15, 0.2) is 0 Å². The number of hydrogen-bond acceptors (Lipinski definition) is 7. The SMILES string of the molecule is COc1ccc(-c2ccccc2)cc1N.COc1ccc(-c2ccccc2)cc1NCl.N.O=[NH+][O-].[Cl][Sn][Cl].[Na+]. The quantitative estimate of drug-likeness (QED) is 0.0818. The molecule has 0 aliphatic heterocycles. The third kappa shape index (κ3) is 14.3. The van der Waals surface area contributed by atoms with Crippen LogP contribution in [-0.4, -0.2) is 33.1 Å². The van der Waals surface area contributed by atoms with Gasteiger partial charge in [-0.15, -0.1) is 0 Å². The molecule has 0 bridgehead atoms. The Morgan fingerprint density at radius 3 is 1.51 bits per heavy atom. The summed E-state index contributed by atoms with van der Waals surface area (Å²) in [6, 6.07) is 31.9. The number of benzene rings is 4. The number of anilines is 2. The summed E-state index contributed by atoms with van der Waals surface area (Å²) in [5.74, 6) is 1.45. The van der Waals surface area contributed by atoms with Crippen LogP contribution in [-0.2, 0) is 0 Å². The first kappa shape index (κ1) is 39.3. The van der Waals surface area contributed by atoms with E-state index in [0.717, 1.165) is 39.4 Å². The monoisotopic (exact) mass is 709 g/mol. The third-order valence-electron chi connectivity index (χ3n) is 4.75. The van der Waals surface area contributed by atoms with Crippen LogP contribution in [0.3, 0.4) is 0 Å². The molecule has 4 aromatic carbocycles. The van der Waals surface area contributed by atoms with E-state index in [0.29, 0.717) is 5.69 Å². The molecule has 39 heavy (non-hydrogen) atoms. The fourth-order valence-corrected chi connectivity index (χ4v) is 3.28. The van der Waals surface area contributed by atoms with Crippen molar-refractivity contribution in [3.8, 4) is 33.8 Å². The van der Waals surface area contributed by atoms with Crippen molar-refractivity contribution in [1.29, 1.82) is 0 Å². The van der Waals surface area contributed by atoms with E-state index in [1.807, 2.05) is 72.8 Å². The minimum atomic E-state index is -0.826. The van der Waals surface area contributed by atoms with Gasteiger partial charge < -0.3 is 21.4 Å². The Morgan fingerprint density at radius 2 is 1.15 bits per heavy atom.